The van der Waals surface area contributed by atoms with E-state index in [2.05, 4.69) is 10.2 Å². The van der Waals surface area contributed by atoms with Crippen LogP contribution in [0.25, 0.3) is 0 Å². The lowest BCUT2D eigenvalue weighted by atomic mass is 10.2. The molecule has 2 heterocycles. The predicted octanol–water partition coefficient (Wildman–Crippen LogP) is 1.57. The van der Waals surface area contributed by atoms with Crippen LogP contribution < -0.4 is 0 Å². The minimum Gasteiger partial charge on any atom is -0.409 e. The van der Waals surface area contributed by atoms with Gasteiger partial charge in [0.25, 0.3) is 0 Å². The summed E-state index contributed by atoms with van der Waals surface area (Å²) in [6, 6.07) is 0. The average molecular weight is 175 g/mol. The van der Waals surface area contributed by atoms with Gasteiger partial charge in [-0.3, -0.25) is 0 Å². The summed E-state index contributed by atoms with van der Waals surface area (Å²) in [5.41, 5.74) is 0. The van der Waals surface area contributed by atoms with E-state index in [9.17, 15) is 0 Å². The molecule has 1 atom stereocenters. The zero-order valence-corrected chi connectivity index (χ0v) is 6.54. The van der Waals surface area contributed by atoms with Crippen LogP contribution in [0.1, 0.15) is 24.8 Å². The molecule has 1 aromatic heterocycles. The highest BCUT2D eigenvalue weighted by atomic mass is 35.5. The third kappa shape index (κ3) is 1.36. The van der Waals surface area contributed by atoms with E-state index < -0.39 is 0 Å². The van der Waals surface area contributed by atoms with Gasteiger partial charge in [-0.2, -0.15) is 0 Å². The van der Waals surface area contributed by atoms with Crippen molar-refractivity contribution in [3.05, 3.63) is 11.2 Å². The quantitative estimate of drug-likeness (QED) is 0.649. The molecule has 4 nitrogen and oxygen atoms in total. The number of hydrogen-bond acceptors (Lipinski definition) is 4. The van der Waals surface area contributed by atoms with Crippen LogP contribution in [0, 0.1) is 0 Å². The van der Waals surface area contributed by atoms with E-state index in [1.165, 1.54) is 0 Å². The summed E-state index contributed by atoms with van der Waals surface area (Å²) in [5.74, 6) is 0.493. The van der Waals surface area contributed by atoms with Crippen LogP contribution in [-0.2, 0) is 4.74 Å². The van der Waals surface area contributed by atoms with Crippen molar-refractivity contribution in [1.82, 2.24) is 10.2 Å². The average Bonchev–Trinajstić information content (AvgIpc) is 2.55. The Morgan fingerprint density at radius 1 is 1.45 bits per heavy atom. The molecule has 60 valence electrons. The largest absolute Gasteiger partial charge is 0.409 e. The SMILES string of the molecule is Clc1nnc(C2CCCO2)o1. The Morgan fingerprint density at radius 3 is 2.91 bits per heavy atom. The van der Waals surface area contributed by atoms with E-state index in [0.29, 0.717) is 5.89 Å². The second kappa shape index (κ2) is 2.79. The van der Waals surface area contributed by atoms with E-state index in [1.807, 2.05) is 0 Å². The molecule has 2 rings (SSSR count). The van der Waals surface area contributed by atoms with Gasteiger partial charge in [-0.15, -0.1) is 5.10 Å². The van der Waals surface area contributed by atoms with Crippen molar-refractivity contribution in [1.29, 1.82) is 0 Å². The highest BCUT2D eigenvalue weighted by Crippen LogP contribution is 2.27. The smallest absolute Gasteiger partial charge is 0.312 e. The first-order valence-electron chi connectivity index (χ1n) is 3.47. The highest BCUT2D eigenvalue weighted by molar-refractivity contribution is 6.27. The molecule has 0 radical (unpaired) electrons. The molecule has 0 amide bonds. The van der Waals surface area contributed by atoms with Gasteiger partial charge in [-0.05, 0) is 24.4 Å². The first kappa shape index (κ1) is 7.06. The molecular formula is C6H7ClN2O2. The topological polar surface area (TPSA) is 48.2 Å². The maximum absolute atomic E-state index is 5.44. The van der Waals surface area contributed by atoms with Crippen molar-refractivity contribution in [2.75, 3.05) is 6.61 Å². The zero-order chi connectivity index (χ0) is 7.68. The Morgan fingerprint density at radius 2 is 2.36 bits per heavy atom. The van der Waals surface area contributed by atoms with Crippen LogP contribution >= 0.6 is 11.6 Å². The Hall–Kier alpha value is -0.610. The summed E-state index contributed by atoms with van der Waals surface area (Å²) in [7, 11) is 0. The van der Waals surface area contributed by atoms with Gasteiger partial charge in [0.2, 0.25) is 5.89 Å². The standard InChI is InChI=1S/C6H7ClN2O2/c7-6-9-8-5(11-6)4-2-1-3-10-4/h4H,1-3H2. The molecule has 1 unspecified atom stereocenters. The van der Waals surface area contributed by atoms with Crippen molar-refractivity contribution in [3.8, 4) is 0 Å². The molecule has 0 aliphatic carbocycles. The number of halogens is 1. The monoisotopic (exact) mass is 174 g/mol. The number of nitrogens with zero attached hydrogens (tertiary/aromatic N) is 2. The first-order chi connectivity index (χ1) is 5.36. The van der Waals surface area contributed by atoms with Gasteiger partial charge in [-0.1, -0.05) is 5.10 Å². The highest BCUT2D eigenvalue weighted by Gasteiger charge is 2.22. The van der Waals surface area contributed by atoms with Gasteiger partial charge in [0, 0.05) is 6.61 Å². The second-order valence-corrected chi connectivity index (χ2v) is 2.72. The summed E-state index contributed by atoms with van der Waals surface area (Å²) < 4.78 is 10.3. The van der Waals surface area contributed by atoms with Gasteiger partial charge in [0.1, 0.15) is 6.10 Å². The lowest BCUT2D eigenvalue weighted by Gasteiger charge is -2.00. The van der Waals surface area contributed by atoms with Gasteiger partial charge in [0.15, 0.2) is 0 Å². The van der Waals surface area contributed by atoms with Crippen molar-refractivity contribution < 1.29 is 9.15 Å². The maximum atomic E-state index is 5.44. The molecule has 1 aliphatic heterocycles. The van der Waals surface area contributed by atoms with Crippen LogP contribution in [-0.4, -0.2) is 16.8 Å². The van der Waals surface area contributed by atoms with Crippen molar-refractivity contribution in [3.63, 3.8) is 0 Å². The summed E-state index contributed by atoms with van der Waals surface area (Å²) in [6.45, 7) is 0.769. The number of rotatable bonds is 1. The fourth-order valence-electron chi connectivity index (χ4n) is 1.12. The first-order valence-corrected chi connectivity index (χ1v) is 3.84. The molecule has 1 aliphatic rings. The van der Waals surface area contributed by atoms with Crippen LogP contribution in [0.2, 0.25) is 5.35 Å². The molecule has 0 bridgehead atoms. The van der Waals surface area contributed by atoms with Gasteiger partial charge in [-0.25, -0.2) is 0 Å². The third-order valence-electron chi connectivity index (χ3n) is 1.62. The molecule has 1 fully saturated rings. The zero-order valence-electron chi connectivity index (χ0n) is 5.79. The van der Waals surface area contributed by atoms with E-state index in [-0.39, 0.29) is 11.5 Å². The molecular weight excluding hydrogens is 168 g/mol. The molecule has 0 N–H and O–H groups in total. The molecule has 1 aromatic rings. The van der Waals surface area contributed by atoms with E-state index >= 15 is 0 Å². The lowest BCUT2D eigenvalue weighted by molar-refractivity contribution is 0.0892. The molecule has 11 heavy (non-hydrogen) atoms. The minimum absolute atomic E-state index is 0.0324. The maximum Gasteiger partial charge on any atom is 0.312 e. The summed E-state index contributed by atoms with van der Waals surface area (Å²) in [6.07, 6.45) is 1.96. The minimum atomic E-state index is -0.0324. The number of ether oxygens (including phenoxy) is 1. The lowest BCUT2D eigenvalue weighted by Crippen LogP contribution is -1.95. The summed E-state index contributed by atoms with van der Waals surface area (Å²) >= 11 is 5.44. The second-order valence-electron chi connectivity index (χ2n) is 2.39. The fourth-order valence-corrected chi connectivity index (χ4v) is 1.24. The van der Waals surface area contributed by atoms with E-state index in [4.69, 9.17) is 20.8 Å². The van der Waals surface area contributed by atoms with Gasteiger partial charge >= 0.3 is 5.35 Å². The van der Waals surface area contributed by atoms with Crippen molar-refractivity contribution in [2.24, 2.45) is 0 Å². The van der Waals surface area contributed by atoms with Crippen LogP contribution in [0.3, 0.4) is 0 Å². The number of aromatic nitrogens is 2. The van der Waals surface area contributed by atoms with Crippen LogP contribution in [0.5, 0.6) is 0 Å². The van der Waals surface area contributed by atoms with Crippen LogP contribution in [0.4, 0.5) is 0 Å². The Labute approximate surface area is 68.5 Å². The van der Waals surface area contributed by atoms with E-state index in [1.54, 1.807) is 0 Å². The Kier molecular flexibility index (Phi) is 1.79. The van der Waals surface area contributed by atoms with Gasteiger partial charge in [0.05, 0.1) is 0 Å². The van der Waals surface area contributed by atoms with Gasteiger partial charge < -0.3 is 9.15 Å². The molecule has 0 aromatic carbocycles. The van der Waals surface area contributed by atoms with Crippen molar-refractivity contribution in [2.45, 2.75) is 18.9 Å². The normalized spacial score (nSPS) is 24.3. The van der Waals surface area contributed by atoms with E-state index in [0.717, 1.165) is 19.4 Å². The Bertz CT molecular complexity index is 244. The molecule has 1 saturated heterocycles. The summed E-state index contributed by atoms with van der Waals surface area (Å²) in [4.78, 5) is 0. The summed E-state index contributed by atoms with van der Waals surface area (Å²) in [5, 5.41) is 7.33. The molecule has 0 spiro atoms. The van der Waals surface area contributed by atoms with Crippen molar-refractivity contribution >= 4 is 11.6 Å². The molecule has 5 heteroatoms. The molecule has 0 saturated carbocycles. The van der Waals surface area contributed by atoms with Crippen LogP contribution in [0.15, 0.2) is 4.42 Å². The number of hydrogen-bond donors (Lipinski definition) is 0. The third-order valence-corrected chi connectivity index (χ3v) is 1.77. The fraction of sp³-hybridized carbons (Fsp3) is 0.667. The Balaban J connectivity index is 2.15. The predicted molar refractivity (Wildman–Crippen MR) is 37.2 cm³/mol.